The van der Waals surface area contributed by atoms with Crippen LogP contribution in [0, 0.1) is 6.92 Å². The molecule has 3 nitrogen and oxygen atoms in total. The maximum absolute atomic E-state index is 6.31. The number of furan rings is 1. The van der Waals surface area contributed by atoms with Crippen molar-refractivity contribution in [3.05, 3.63) is 34.6 Å². The zero-order chi connectivity index (χ0) is 12.4. The fourth-order valence-corrected chi connectivity index (χ4v) is 2.01. The van der Waals surface area contributed by atoms with Gasteiger partial charge < -0.3 is 14.9 Å². The summed E-state index contributed by atoms with van der Waals surface area (Å²) < 4.78 is 10.9. The zero-order valence-corrected chi connectivity index (χ0v) is 10.5. The standard InChI is InChI=1S/C13H14ClNO2/c1-8-6-10-12(14)9(4-3-5-15)7-11(16-2)13(10)17-8/h3-4,6-7H,5,15H2,1-2H3/b4-3+. The van der Waals surface area contributed by atoms with Crippen LogP contribution in [0.2, 0.25) is 5.02 Å². The van der Waals surface area contributed by atoms with Crippen molar-refractivity contribution in [3.8, 4) is 5.75 Å². The molecule has 0 saturated carbocycles. The summed E-state index contributed by atoms with van der Waals surface area (Å²) in [6.07, 6.45) is 3.73. The molecular formula is C13H14ClNO2. The molecule has 0 spiro atoms. The Kier molecular flexibility index (Phi) is 3.41. The fourth-order valence-electron chi connectivity index (χ4n) is 1.75. The van der Waals surface area contributed by atoms with Gasteiger partial charge in [0, 0.05) is 11.9 Å². The smallest absolute Gasteiger partial charge is 0.177 e. The second kappa shape index (κ2) is 4.82. The molecule has 0 aliphatic carbocycles. The van der Waals surface area contributed by atoms with Gasteiger partial charge >= 0.3 is 0 Å². The quantitative estimate of drug-likeness (QED) is 0.910. The third-order valence-electron chi connectivity index (χ3n) is 2.51. The summed E-state index contributed by atoms with van der Waals surface area (Å²) >= 11 is 6.31. The number of hydrogen-bond donors (Lipinski definition) is 1. The van der Waals surface area contributed by atoms with E-state index in [2.05, 4.69) is 0 Å². The van der Waals surface area contributed by atoms with Crippen LogP contribution in [0.3, 0.4) is 0 Å². The third-order valence-corrected chi connectivity index (χ3v) is 2.93. The van der Waals surface area contributed by atoms with E-state index in [0.29, 0.717) is 22.9 Å². The van der Waals surface area contributed by atoms with Crippen LogP contribution >= 0.6 is 11.6 Å². The summed E-state index contributed by atoms with van der Waals surface area (Å²) in [5.41, 5.74) is 6.99. The molecule has 17 heavy (non-hydrogen) atoms. The summed E-state index contributed by atoms with van der Waals surface area (Å²) in [7, 11) is 1.61. The van der Waals surface area contributed by atoms with Gasteiger partial charge in [0.05, 0.1) is 12.1 Å². The van der Waals surface area contributed by atoms with Crippen LogP contribution < -0.4 is 10.5 Å². The second-order valence-electron chi connectivity index (χ2n) is 3.72. The van der Waals surface area contributed by atoms with E-state index in [1.807, 2.05) is 31.2 Å². The lowest BCUT2D eigenvalue weighted by atomic mass is 10.1. The first-order chi connectivity index (χ1) is 8.17. The van der Waals surface area contributed by atoms with E-state index >= 15 is 0 Å². The number of aryl methyl sites for hydroxylation is 1. The summed E-state index contributed by atoms with van der Waals surface area (Å²) in [5, 5.41) is 1.52. The number of fused-ring (bicyclic) bond motifs is 1. The molecule has 1 aromatic carbocycles. The minimum Gasteiger partial charge on any atom is -0.493 e. The lowest BCUT2D eigenvalue weighted by molar-refractivity contribution is 0.408. The lowest BCUT2D eigenvalue weighted by Gasteiger charge is -2.05. The average Bonchev–Trinajstić information content (AvgIpc) is 2.71. The van der Waals surface area contributed by atoms with Crippen LogP contribution in [-0.2, 0) is 0 Å². The van der Waals surface area contributed by atoms with Gasteiger partial charge in [0.1, 0.15) is 5.76 Å². The van der Waals surface area contributed by atoms with Gasteiger partial charge in [0.25, 0.3) is 0 Å². The Morgan fingerprint density at radius 3 is 2.88 bits per heavy atom. The van der Waals surface area contributed by atoms with Crippen molar-refractivity contribution in [1.29, 1.82) is 0 Å². The SMILES string of the molecule is COc1cc(/C=C/CN)c(Cl)c2cc(C)oc12. The van der Waals surface area contributed by atoms with E-state index in [1.54, 1.807) is 7.11 Å². The van der Waals surface area contributed by atoms with Gasteiger partial charge in [0.15, 0.2) is 11.3 Å². The first-order valence-corrected chi connectivity index (χ1v) is 5.68. The first-order valence-electron chi connectivity index (χ1n) is 5.30. The molecule has 0 aliphatic heterocycles. The Morgan fingerprint density at radius 2 is 2.24 bits per heavy atom. The summed E-state index contributed by atoms with van der Waals surface area (Å²) in [6.45, 7) is 2.35. The second-order valence-corrected chi connectivity index (χ2v) is 4.10. The average molecular weight is 252 g/mol. The van der Waals surface area contributed by atoms with Crippen molar-refractivity contribution in [1.82, 2.24) is 0 Å². The lowest BCUT2D eigenvalue weighted by Crippen LogP contribution is -1.92. The largest absolute Gasteiger partial charge is 0.493 e. The van der Waals surface area contributed by atoms with Gasteiger partial charge in [-0.25, -0.2) is 0 Å². The van der Waals surface area contributed by atoms with Crippen molar-refractivity contribution in [2.24, 2.45) is 5.73 Å². The van der Waals surface area contributed by atoms with Crippen LogP contribution in [0.1, 0.15) is 11.3 Å². The molecule has 0 saturated heterocycles. The molecule has 2 N–H and O–H groups in total. The first kappa shape index (κ1) is 12.0. The minimum atomic E-state index is 0.473. The molecule has 0 unspecified atom stereocenters. The number of hydrogen-bond acceptors (Lipinski definition) is 3. The minimum absolute atomic E-state index is 0.473. The van der Waals surface area contributed by atoms with Gasteiger partial charge in [-0.3, -0.25) is 0 Å². The number of ether oxygens (including phenoxy) is 1. The number of rotatable bonds is 3. The number of methoxy groups -OCH3 is 1. The van der Waals surface area contributed by atoms with E-state index in [4.69, 9.17) is 26.5 Å². The van der Waals surface area contributed by atoms with Crippen LogP contribution in [0.25, 0.3) is 17.0 Å². The highest BCUT2D eigenvalue weighted by atomic mass is 35.5. The zero-order valence-electron chi connectivity index (χ0n) is 9.79. The van der Waals surface area contributed by atoms with Gasteiger partial charge in [-0.15, -0.1) is 0 Å². The molecule has 1 aromatic heterocycles. The van der Waals surface area contributed by atoms with E-state index in [0.717, 1.165) is 16.7 Å². The molecule has 2 rings (SSSR count). The van der Waals surface area contributed by atoms with Crippen LogP contribution in [0.5, 0.6) is 5.75 Å². The van der Waals surface area contributed by atoms with E-state index < -0.39 is 0 Å². The Balaban J connectivity index is 2.70. The molecular weight excluding hydrogens is 238 g/mol. The molecule has 0 radical (unpaired) electrons. The Morgan fingerprint density at radius 1 is 1.47 bits per heavy atom. The third kappa shape index (κ3) is 2.16. The normalized spacial score (nSPS) is 11.5. The molecule has 90 valence electrons. The molecule has 0 aliphatic rings. The van der Waals surface area contributed by atoms with Gasteiger partial charge in [-0.1, -0.05) is 23.8 Å². The van der Waals surface area contributed by atoms with Gasteiger partial charge in [0.2, 0.25) is 0 Å². The topological polar surface area (TPSA) is 48.4 Å². The number of nitrogens with two attached hydrogens (primary N) is 1. The van der Waals surface area contributed by atoms with E-state index in [9.17, 15) is 0 Å². The molecule has 0 amide bonds. The van der Waals surface area contributed by atoms with E-state index in [1.165, 1.54) is 0 Å². The molecule has 0 bridgehead atoms. The summed E-state index contributed by atoms with van der Waals surface area (Å²) in [4.78, 5) is 0. The Hall–Kier alpha value is -1.45. The van der Waals surface area contributed by atoms with Crippen LogP contribution in [0.4, 0.5) is 0 Å². The molecule has 4 heteroatoms. The Labute approximate surface area is 105 Å². The van der Waals surface area contributed by atoms with Crippen LogP contribution in [-0.4, -0.2) is 13.7 Å². The number of benzene rings is 1. The summed E-state index contributed by atoms with van der Waals surface area (Å²) in [5.74, 6) is 1.48. The summed E-state index contributed by atoms with van der Waals surface area (Å²) in [6, 6.07) is 3.75. The van der Waals surface area contributed by atoms with Crippen molar-refractivity contribution < 1.29 is 9.15 Å². The molecule has 0 atom stereocenters. The maximum atomic E-state index is 6.31. The molecule has 1 heterocycles. The fraction of sp³-hybridized carbons (Fsp3) is 0.231. The predicted octanol–water partition coefficient (Wildman–Crippen LogP) is 3.38. The van der Waals surface area contributed by atoms with Crippen molar-refractivity contribution in [2.75, 3.05) is 13.7 Å². The molecule has 2 aromatic rings. The Bertz CT molecular complexity index is 572. The van der Waals surface area contributed by atoms with Gasteiger partial charge in [-0.05, 0) is 24.6 Å². The highest BCUT2D eigenvalue weighted by Crippen LogP contribution is 2.37. The van der Waals surface area contributed by atoms with E-state index in [-0.39, 0.29) is 0 Å². The predicted molar refractivity (Wildman–Crippen MR) is 70.6 cm³/mol. The molecule has 0 fully saturated rings. The highest BCUT2D eigenvalue weighted by molar-refractivity contribution is 6.37. The van der Waals surface area contributed by atoms with Crippen molar-refractivity contribution in [3.63, 3.8) is 0 Å². The van der Waals surface area contributed by atoms with Crippen molar-refractivity contribution in [2.45, 2.75) is 6.92 Å². The highest BCUT2D eigenvalue weighted by Gasteiger charge is 2.13. The van der Waals surface area contributed by atoms with Gasteiger partial charge in [-0.2, -0.15) is 0 Å². The maximum Gasteiger partial charge on any atom is 0.177 e. The van der Waals surface area contributed by atoms with Crippen molar-refractivity contribution >= 4 is 28.6 Å². The monoisotopic (exact) mass is 251 g/mol. The number of halogens is 1. The van der Waals surface area contributed by atoms with Crippen LogP contribution in [0.15, 0.2) is 22.6 Å².